The van der Waals surface area contributed by atoms with Crippen LogP contribution in [0.3, 0.4) is 0 Å². The van der Waals surface area contributed by atoms with Crippen LogP contribution in [0.2, 0.25) is 0 Å². The normalized spacial score (nSPS) is 15.9. The lowest BCUT2D eigenvalue weighted by molar-refractivity contribution is -0.137. The number of carboxylic acid groups (broad SMARTS) is 1. The number of rotatable bonds is 7. The SMILES string of the molecule is COc1ccc(OC)c(/C=C2\SC(=S)N(CCCC(=O)O)C2=O)c1. The van der Waals surface area contributed by atoms with E-state index in [1.165, 1.54) is 16.7 Å². The zero-order valence-corrected chi connectivity index (χ0v) is 14.9. The Balaban J connectivity index is 2.20. The van der Waals surface area contributed by atoms with Gasteiger partial charge >= 0.3 is 5.97 Å². The number of thiocarbonyl (C=S) groups is 1. The van der Waals surface area contributed by atoms with E-state index in [-0.39, 0.29) is 12.3 Å². The van der Waals surface area contributed by atoms with E-state index >= 15 is 0 Å². The second kappa shape index (κ2) is 8.16. The van der Waals surface area contributed by atoms with E-state index in [4.69, 9.17) is 26.8 Å². The molecule has 1 amide bonds. The maximum atomic E-state index is 12.5. The number of carbonyl (C=O) groups excluding carboxylic acids is 1. The largest absolute Gasteiger partial charge is 0.497 e. The van der Waals surface area contributed by atoms with Gasteiger partial charge in [-0.3, -0.25) is 14.5 Å². The van der Waals surface area contributed by atoms with Crippen LogP contribution in [-0.4, -0.2) is 47.0 Å². The van der Waals surface area contributed by atoms with E-state index in [0.29, 0.717) is 39.3 Å². The van der Waals surface area contributed by atoms with E-state index in [0.717, 1.165) is 0 Å². The summed E-state index contributed by atoms with van der Waals surface area (Å²) in [5.41, 5.74) is 0.711. The molecule has 0 aliphatic carbocycles. The summed E-state index contributed by atoms with van der Waals surface area (Å²) in [7, 11) is 3.11. The van der Waals surface area contributed by atoms with Crippen LogP contribution in [0.4, 0.5) is 0 Å². The highest BCUT2D eigenvalue weighted by atomic mass is 32.2. The van der Waals surface area contributed by atoms with Crippen molar-refractivity contribution in [3.63, 3.8) is 0 Å². The molecule has 1 saturated heterocycles. The van der Waals surface area contributed by atoms with E-state index < -0.39 is 5.97 Å². The molecule has 0 saturated carbocycles. The van der Waals surface area contributed by atoms with Crippen molar-refractivity contribution in [3.8, 4) is 11.5 Å². The van der Waals surface area contributed by atoms with Crippen LogP contribution in [-0.2, 0) is 9.59 Å². The number of benzene rings is 1. The summed E-state index contributed by atoms with van der Waals surface area (Å²) in [5.74, 6) is 0.156. The van der Waals surface area contributed by atoms with Gasteiger partial charge in [0.25, 0.3) is 5.91 Å². The number of ether oxygens (including phenoxy) is 2. The van der Waals surface area contributed by atoms with Crippen molar-refractivity contribution in [1.82, 2.24) is 4.90 Å². The van der Waals surface area contributed by atoms with Crippen molar-refractivity contribution < 1.29 is 24.2 Å². The highest BCUT2D eigenvalue weighted by molar-refractivity contribution is 8.26. The fourth-order valence-electron chi connectivity index (χ4n) is 2.17. The fourth-order valence-corrected chi connectivity index (χ4v) is 3.47. The van der Waals surface area contributed by atoms with Gasteiger partial charge in [0.1, 0.15) is 15.8 Å². The van der Waals surface area contributed by atoms with E-state index in [1.807, 2.05) is 0 Å². The van der Waals surface area contributed by atoms with Crippen molar-refractivity contribution in [1.29, 1.82) is 0 Å². The first-order chi connectivity index (χ1) is 11.5. The third kappa shape index (κ3) is 4.27. The predicted octanol–water partition coefficient (Wildman–Crippen LogP) is 2.77. The Morgan fingerprint density at radius 1 is 1.38 bits per heavy atom. The lowest BCUT2D eigenvalue weighted by Crippen LogP contribution is -2.29. The highest BCUT2D eigenvalue weighted by Crippen LogP contribution is 2.35. The lowest BCUT2D eigenvalue weighted by atomic mass is 10.1. The second-order valence-electron chi connectivity index (χ2n) is 4.94. The molecule has 1 aliphatic heterocycles. The summed E-state index contributed by atoms with van der Waals surface area (Å²) in [4.78, 5) is 25.0. The van der Waals surface area contributed by atoms with E-state index in [2.05, 4.69) is 0 Å². The molecule has 6 nitrogen and oxygen atoms in total. The van der Waals surface area contributed by atoms with Gasteiger partial charge in [-0.15, -0.1) is 0 Å². The standard InChI is InChI=1S/C16H17NO5S2/c1-21-11-5-6-12(22-2)10(8-11)9-13-15(20)17(16(23)24-13)7-3-4-14(18)19/h5-6,8-9H,3-4,7H2,1-2H3,(H,18,19)/b13-9-. The lowest BCUT2D eigenvalue weighted by Gasteiger charge is -2.13. The molecule has 24 heavy (non-hydrogen) atoms. The minimum absolute atomic E-state index is 0.000184. The van der Waals surface area contributed by atoms with E-state index in [9.17, 15) is 9.59 Å². The van der Waals surface area contributed by atoms with Crippen molar-refractivity contribution in [2.75, 3.05) is 20.8 Å². The molecule has 0 bridgehead atoms. The van der Waals surface area contributed by atoms with Crippen LogP contribution in [0, 0.1) is 0 Å². The molecule has 0 atom stereocenters. The number of amides is 1. The van der Waals surface area contributed by atoms with Gasteiger partial charge < -0.3 is 14.6 Å². The summed E-state index contributed by atoms with van der Waals surface area (Å²) in [6.07, 6.45) is 2.06. The number of hydrogen-bond donors (Lipinski definition) is 1. The first-order valence-electron chi connectivity index (χ1n) is 7.15. The molecule has 0 unspecified atom stereocenters. The Morgan fingerprint density at radius 3 is 2.75 bits per heavy atom. The van der Waals surface area contributed by atoms with Crippen molar-refractivity contribution >= 4 is 46.3 Å². The summed E-state index contributed by atoms with van der Waals surface area (Å²) in [5, 5.41) is 8.69. The van der Waals surface area contributed by atoms with Crippen LogP contribution >= 0.6 is 24.0 Å². The zero-order chi connectivity index (χ0) is 17.7. The first kappa shape index (κ1) is 18.3. The average Bonchev–Trinajstić information content (AvgIpc) is 2.81. The zero-order valence-electron chi connectivity index (χ0n) is 13.3. The van der Waals surface area contributed by atoms with Gasteiger partial charge in [-0.1, -0.05) is 24.0 Å². The third-order valence-electron chi connectivity index (χ3n) is 3.37. The summed E-state index contributed by atoms with van der Waals surface area (Å²) < 4.78 is 10.9. The molecule has 0 aromatic heterocycles. The second-order valence-corrected chi connectivity index (χ2v) is 6.61. The molecular formula is C16H17NO5S2. The summed E-state index contributed by atoms with van der Waals surface area (Å²) >= 11 is 6.42. The molecule has 0 spiro atoms. The van der Waals surface area contributed by atoms with Crippen LogP contribution < -0.4 is 9.47 Å². The number of aliphatic carboxylic acids is 1. The molecule has 1 heterocycles. The first-order valence-corrected chi connectivity index (χ1v) is 8.38. The quantitative estimate of drug-likeness (QED) is 0.586. The maximum absolute atomic E-state index is 12.5. The average molecular weight is 367 g/mol. The Labute approximate surface area is 149 Å². The van der Waals surface area contributed by atoms with Crippen molar-refractivity contribution in [2.24, 2.45) is 0 Å². The van der Waals surface area contributed by atoms with E-state index in [1.54, 1.807) is 38.5 Å². The molecule has 8 heteroatoms. The highest BCUT2D eigenvalue weighted by Gasteiger charge is 2.31. The molecule has 1 aliphatic rings. The van der Waals surface area contributed by atoms with Crippen molar-refractivity contribution in [2.45, 2.75) is 12.8 Å². The Morgan fingerprint density at radius 2 is 2.12 bits per heavy atom. The van der Waals surface area contributed by atoms with Gasteiger partial charge in [0.05, 0.1) is 19.1 Å². The van der Waals surface area contributed by atoms with Gasteiger partial charge in [-0.2, -0.15) is 0 Å². The monoisotopic (exact) mass is 367 g/mol. The third-order valence-corrected chi connectivity index (χ3v) is 4.75. The minimum Gasteiger partial charge on any atom is -0.497 e. The Kier molecular flexibility index (Phi) is 6.22. The maximum Gasteiger partial charge on any atom is 0.303 e. The molecule has 0 radical (unpaired) electrons. The molecule has 1 fully saturated rings. The Hall–Kier alpha value is -2.06. The topological polar surface area (TPSA) is 76.1 Å². The smallest absolute Gasteiger partial charge is 0.303 e. The number of thioether (sulfide) groups is 1. The molecule has 2 rings (SSSR count). The van der Waals surface area contributed by atoms with Crippen LogP contribution in [0.1, 0.15) is 18.4 Å². The Bertz CT molecular complexity index is 702. The minimum atomic E-state index is -0.892. The molecule has 1 aromatic rings. The molecule has 1 N–H and O–H groups in total. The van der Waals surface area contributed by atoms with Gasteiger partial charge in [0.15, 0.2) is 0 Å². The molecular weight excluding hydrogens is 350 g/mol. The number of methoxy groups -OCH3 is 2. The predicted molar refractivity (Wildman–Crippen MR) is 96.3 cm³/mol. The number of hydrogen-bond acceptors (Lipinski definition) is 6. The number of carbonyl (C=O) groups is 2. The van der Waals surface area contributed by atoms with Gasteiger partial charge in [-0.25, -0.2) is 0 Å². The number of nitrogens with zero attached hydrogens (tertiary/aromatic N) is 1. The van der Waals surface area contributed by atoms with Crippen LogP contribution in [0.25, 0.3) is 6.08 Å². The summed E-state index contributed by atoms with van der Waals surface area (Å²) in [6, 6.07) is 5.31. The van der Waals surface area contributed by atoms with Crippen LogP contribution in [0.15, 0.2) is 23.1 Å². The number of carboxylic acids is 1. The van der Waals surface area contributed by atoms with Crippen molar-refractivity contribution in [3.05, 3.63) is 28.7 Å². The molecule has 1 aromatic carbocycles. The molecule has 128 valence electrons. The van der Waals surface area contributed by atoms with Gasteiger partial charge in [0.2, 0.25) is 0 Å². The van der Waals surface area contributed by atoms with Crippen LogP contribution in [0.5, 0.6) is 11.5 Å². The van der Waals surface area contributed by atoms with Gasteiger partial charge in [0, 0.05) is 18.5 Å². The summed E-state index contributed by atoms with van der Waals surface area (Å²) in [6.45, 7) is 0.295. The fraction of sp³-hybridized carbons (Fsp3) is 0.312. The van der Waals surface area contributed by atoms with Gasteiger partial charge in [-0.05, 0) is 30.7 Å².